The van der Waals surface area contributed by atoms with Gasteiger partial charge in [-0.05, 0) is 12.1 Å². The molecular weight excluding hydrogens is 260 g/mol. The molecule has 1 aliphatic rings. The number of fused-ring (bicyclic) bond motifs is 1. The number of β-amino-alcohol motifs (C(OH)–C–C–N with tert-alkyl or cyclic N) is 1. The highest BCUT2D eigenvalue weighted by Gasteiger charge is 2.30. The number of hydrogen-bond acceptors (Lipinski definition) is 4. The minimum absolute atomic E-state index is 0.0608. The Kier molecular flexibility index (Phi) is 2.54. The highest BCUT2D eigenvalue weighted by Crippen LogP contribution is 2.31. The summed E-state index contributed by atoms with van der Waals surface area (Å²) in [6.45, 7) is 0.822. The van der Waals surface area contributed by atoms with Crippen molar-refractivity contribution in [2.45, 2.75) is 6.10 Å². The van der Waals surface area contributed by atoms with E-state index in [1.54, 1.807) is 23.2 Å². The van der Waals surface area contributed by atoms with Crippen LogP contribution in [0.2, 0.25) is 5.02 Å². The van der Waals surface area contributed by atoms with E-state index in [2.05, 4.69) is 4.98 Å². The molecule has 2 aromatic rings. The third kappa shape index (κ3) is 1.80. The predicted molar refractivity (Wildman–Crippen MR) is 66.5 cm³/mol. The largest absolute Gasteiger partial charge is 0.389 e. The minimum atomic E-state index is -0.380. The van der Waals surface area contributed by atoms with Gasteiger partial charge in [0, 0.05) is 19.3 Å². The number of hydrogen-bond donors (Lipinski definition) is 1. The molecule has 0 bridgehead atoms. The lowest BCUT2D eigenvalue weighted by molar-refractivity contribution is 0.00623. The molecule has 0 aromatic carbocycles. The van der Waals surface area contributed by atoms with E-state index in [9.17, 15) is 9.90 Å². The fourth-order valence-electron chi connectivity index (χ4n) is 1.79. The van der Waals surface area contributed by atoms with Crippen LogP contribution in [0.25, 0.3) is 10.2 Å². The lowest BCUT2D eigenvalue weighted by Gasteiger charge is -2.35. The Hall–Kier alpha value is -1.17. The van der Waals surface area contributed by atoms with Crippen molar-refractivity contribution in [2.75, 3.05) is 13.1 Å². The summed E-state index contributed by atoms with van der Waals surface area (Å²) < 4.78 is 0.832. The summed E-state index contributed by atoms with van der Waals surface area (Å²) in [5.74, 6) is -0.0608. The molecule has 0 spiro atoms. The normalized spacial score (nSPS) is 16.2. The van der Waals surface area contributed by atoms with Crippen molar-refractivity contribution in [3.8, 4) is 0 Å². The van der Waals surface area contributed by atoms with Gasteiger partial charge in [0.1, 0.15) is 0 Å². The van der Waals surface area contributed by atoms with Gasteiger partial charge in [0.25, 0.3) is 5.91 Å². The maximum atomic E-state index is 12.0. The van der Waals surface area contributed by atoms with E-state index < -0.39 is 0 Å². The molecule has 1 aliphatic heterocycles. The van der Waals surface area contributed by atoms with E-state index in [1.165, 1.54) is 11.3 Å². The van der Waals surface area contributed by atoms with Gasteiger partial charge in [0.15, 0.2) is 0 Å². The molecule has 17 heavy (non-hydrogen) atoms. The van der Waals surface area contributed by atoms with Gasteiger partial charge in [-0.15, -0.1) is 11.3 Å². The number of rotatable bonds is 1. The van der Waals surface area contributed by atoms with Crippen molar-refractivity contribution >= 4 is 39.1 Å². The predicted octanol–water partition coefficient (Wildman–Crippen LogP) is 1.77. The molecule has 6 heteroatoms. The van der Waals surface area contributed by atoms with Gasteiger partial charge >= 0.3 is 0 Å². The van der Waals surface area contributed by atoms with E-state index in [1.807, 2.05) is 0 Å². The van der Waals surface area contributed by atoms with E-state index in [4.69, 9.17) is 11.6 Å². The second-order valence-corrected chi connectivity index (χ2v) is 5.44. The molecule has 1 N–H and O–H groups in total. The molecule has 0 atom stereocenters. The molecular formula is C11H9ClN2O2S. The number of amides is 1. The minimum Gasteiger partial charge on any atom is -0.389 e. The van der Waals surface area contributed by atoms with Crippen LogP contribution in [0.4, 0.5) is 0 Å². The first-order valence-corrected chi connectivity index (χ1v) is 6.36. The standard InChI is InChI=1S/C11H9ClN2O2S/c12-7-1-2-13-8-3-9(17-10(7)8)11(16)14-4-6(15)5-14/h1-3,6,15H,4-5H2. The van der Waals surface area contributed by atoms with Crippen LogP contribution in [0.1, 0.15) is 9.67 Å². The van der Waals surface area contributed by atoms with E-state index in [-0.39, 0.29) is 12.0 Å². The second-order valence-electron chi connectivity index (χ2n) is 3.98. The summed E-state index contributed by atoms with van der Waals surface area (Å²) in [5, 5.41) is 9.79. The molecule has 0 aliphatic carbocycles. The van der Waals surface area contributed by atoms with Crippen molar-refractivity contribution in [1.82, 2.24) is 9.88 Å². The number of aliphatic hydroxyl groups is 1. The number of thiophene rings is 1. The molecule has 0 saturated carbocycles. The first-order chi connectivity index (χ1) is 8.15. The zero-order valence-corrected chi connectivity index (χ0v) is 10.3. The quantitative estimate of drug-likeness (QED) is 0.858. The smallest absolute Gasteiger partial charge is 0.264 e. The fourth-order valence-corrected chi connectivity index (χ4v) is 3.05. The zero-order valence-electron chi connectivity index (χ0n) is 8.76. The second kappa shape index (κ2) is 3.94. The molecule has 3 rings (SSSR count). The Morgan fingerprint density at radius 1 is 1.59 bits per heavy atom. The molecule has 4 nitrogen and oxygen atoms in total. The van der Waals surface area contributed by atoms with Crippen molar-refractivity contribution in [3.63, 3.8) is 0 Å². The Balaban J connectivity index is 1.96. The van der Waals surface area contributed by atoms with Gasteiger partial charge in [-0.25, -0.2) is 0 Å². The van der Waals surface area contributed by atoms with E-state index in [0.717, 1.165) is 10.2 Å². The van der Waals surface area contributed by atoms with Crippen molar-refractivity contribution in [2.24, 2.45) is 0 Å². The summed E-state index contributed by atoms with van der Waals surface area (Å²) in [7, 11) is 0. The van der Waals surface area contributed by atoms with Gasteiger partial charge in [-0.1, -0.05) is 11.6 Å². The number of carbonyl (C=O) groups is 1. The summed E-state index contributed by atoms with van der Waals surface area (Å²) >= 11 is 7.37. The molecule has 0 unspecified atom stereocenters. The van der Waals surface area contributed by atoms with E-state index >= 15 is 0 Å². The van der Waals surface area contributed by atoms with Crippen LogP contribution in [-0.2, 0) is 0 Å². The molecule has 1 amide bonds. The monoisotopic (exact) mass is 268 g/mol. The van der Waals surface area contributed by atoms with E-state index in [0.29, 0.717) is 23.0 Å². The van der Waals surface area contributed by atoms with Crippen LogP contribution in [-0.4, -0.2) is 40.1 Å². The average molecular weight is 269 g/mol. The molecule has 88 valence electrons. The van der Waals surface area contributed by atoms with Gasteiger partial charge in [-0.2, -0.15) is 0 Å². The molecule has 1 fully saturated rings. The van der Waals surface area contributed by atoms with Gasteiger partial charge in [0.05, 0.1) is 26.2 Å². The zero-order chi connectivity index (χ0) is 12.0. The third-order valence-corrected chi connectivity index (χ3v) is 4.30. The summed E-state index contributed by atoms with van der Waals surface area (Å²) in [6.07, 6.45) is 1.24. The SMILES string of the molecule is O=C(c1cc2nccc(Cl)c2s1)N1CC(O)C1. The van der Waals surface area contributed by atoms with Crippen LogP contribution >= 0.6 is 22.9 Å². The van der Waals surface area contributed by atoms with Crippen molar-refractivity contribution in [3.05, 3.63) is 28.2 Å². The Morgan fingerprint density at radius 3 is 3.00 bits per heavy atom. The molecule has 1 saturated heterocycles. The topological polar surface area (TPSA) is 53.4 Å². The van der Waals surface area contributed by atoms with Gasteiger partial charge in [-0.3, -0.25) is 9.78 Å². The highest BCUT2D eigenvalue weighted by atomic mass is 35.5. The lowest BCUT2D eigenvalue weighted by Crippen LogP contribution is -2.53. The first-order valence-electron chi connectivity index (χ1n) is 5.16. The maximum absolute atomic E-state index is 12.0. The van der Waals surface area contributed by atoms with Crippen LogP contribution in [0, 0.1) is 0 Å². The number of nitrogens with zero attached hydrogens (tertiary/aromatic N) is 2. The average Bonchev–Trinajstić information content (AvgIpc) is 2.69. The van der Waals surface area contributed by atoms with Crippen LogP contribution in [0.15, 0.2) is 18.3 Å². The Morgan fingerprint density at radius 2 is 2.35 bits per heavy atom. The summed E-state index contributed by atoms with van der Waals surface area (Å²) in [4.78, 5) is 18.4. The van der Waals surface area contributed by atoms with Crippen LogP contribution in [0.3, 0.4) is 0 Å². The molecule has 0 radical (unpaired) electrons. The van der Waals surface area contributed by atoms with Crippen molar-refractivity contribution in [1.29, 1.82) is 0 Å². The number of likely N-dealkylation sites (tertiary alicyclic amines) is 1. The first kappa shape index (κ1) is 11.0. The summed E-state index contributed by atoms with van der Waals surface area (Å²) in [6, 6.07) is 3.46. The number of halogens is 1. The van der Waals surface area contributed by atoms with Gasteiger partial charge in [0.2, 0.25) is 0 Å². The fraction of sp³-hybridized carbons (Fsp3) is 0.273. The van der Waals surface area contributed by atoms with Crippen LogP contribution in [0.5, 0.6) is 0 Å². The Bertz CT molecular complexity index is 592. The third-order valence-electron chi connectivity index (χ3n) is 2.72. The molecule has 3 heterocycles. The highest BCUT2D eigenvalue weighted by molar-refractivity contribution is 7.21. The maximum Gasteiger partial charge on any atom is 0.264 e. The number of aliphatic hydroxyl groups excluding tert-OH is 1. The number of carbonyl (C=O) groups excluding carboxylic acids is 1. The number of pyridine rings is 1. The molecule has 2 aromatic heterocycles. The van der Waals surface area contributed by atoms with Crippen LogP contribution < -0.4 is 0 Å². The Labute approximate surface area is 106 Å². The summed E-state index contributed by atoms with van der Waals surface area (Å²) in [5.41, 5.74) is 0.743. The lowest BCUT2D eigenvalue weighted by atomic mass is 10.1. The van der Waals surface area contributed by atoms with Gasteiger partial charge < -0.3 is 10.0 Å². The number of aromatic nitrogens is 1. The van der Waals surface area contributed by atoms with Crippen molar-refractivity contribution < 1.29 is 9.90 Å².